The molecule has 1 saturated carbocycles. The summed E-state index contributed by atoms with van der Waals surface area (Å²) in [7, 11) is 0. The molecule has 3 aromatic rings. The fourth-order valence-electron chi connectivity index (χ4n) is 5.87. The lowest BCUT2D eigenvalue weighted by atomic mass is 9.73. The Kier molecular flexibility index (Phi) is 8.99. The molecule has 0 bridgehead atoms. The highest BCUT2D eigenvalue weighted by atomic mass is 16.5. The number of amides is 2. The van der Waals surface area contributed by atoms with E-state index in [0.717, 1.165) is 40.7 Å². The van der Waals surface area contributed by atoms with Gasteiger partial charge in [-0.3, -0.25) is 9.59 Å². The molecule has 3 aromatic carbocycles. The second-order valence-corrected chi connectivity index (χ2v) is 11.0. The number of aliphatic carboxylic acids is 1. The number of hydrogen-bond donors (Lipinski definition) is 3. The maximum atomic E-state index is 13.3. The Bertz CT molecular complexity index is 1330. The van der Waals surface area contributed by atoms with E-state index >= 15 is 0 Å². The van der Waals surface area contributed by atoms with Crippen molar-refractivity contribution in [3.63, 3.8) is 0 Å². The van der Waals surface area contributed by atoms with E-state index in [1.54, 1.807) is 6.92 Å². The van der Waals surface area contributed by atoms with Gasteiger partial charge in [0.25, 0.3) is 0 Å². The van der Waals surface area contributed by atoms with E-state index in [0.29, 0.717) is 6.54 Å². The molecule has 2 aliphatic rings. The van der Waals surface area contributed by atoms with Gasteiger partial charge >= 0.3 is 12.1 Å². The van der Waals surface area contributed by atoms with Gasteiger partial charge in [0, 0.05) is 18.9 Å². The zero-order valence-electron chi connectivity index (χ0n) is 23.1. The number of carboxylic acid groups (broad SMARTS) is 1. The number of alkyl carbamates (subject to hydrolysis) is 1. The first-order valence-corrected chi connectivity index (χ1v) is 14.2. The van der Waals surface area contributed by atoms with Crippen molar-refractivity contribution in [2.45, 2.75) is 50.9 Å². The van der Waals surface area contributed by atoms with Crippen LogP contribution in [0.4, 0.5) is 4.79 Å². The average molecular weight is 557 g/mol. The molecule has 0 heterocycles. The van der Waals surface area contributed by atoms with Gasteiger partial charge in [-0.2, -0.15) is 0 Å². The fourth-order valence-corrected chi connectivity index (χ4v) is 5.87. The summed E-state index contributed by atoms with van der Waals surface area (Å²) in [5, 5.41) is 14.7. The van der Waals surface area contributed by atoms with E-state index in [2.05, 4.69) is 34.9 Å². The van der Waals surface area contributed by atoms with Crippen LogP contribution in [0.5, 0.6) is 0 Å². The van der Waals surface area contributed by atoms with Crippen LogP contribution in [0.3, 0.4) is 0 Å². The molecule has 0 aliphatic heterocycles. The Hall–Kier alpha value is -4.17. The van der Waals surface area contributed by atoms with Crippen molar-refractivity contribution in [3.05, 3.63) is 95.6 Å². The quantitative estimate of drug-likeness (QED) is 0.286. The summed E-state index contributed by atoms with van der Waals surface area (Å²) in [6.45, 7) is 2.60. The number of fused-ring (bicyclic) bond motifs is 3. The average Bonchev–Trinajstić information content (AvgIpc) is 3.28. The molecule has 5 rings (SSSR count). The van der Waals surface area contributed by atoms with Crippen molar-refractivity contribution in [1.29, 1.82) is 0 Å². The fraction of sp³-hybridized carbons (Fsp3) is 0.364. The molecule has 1 fully saturated rings. The molecule has 41 heavy (non-hydrogen) atoms. The zero-order valence-corrected chi connectivity index (χ0v) is 23.1. The van der Waals surface area contributed by atoms with Gasteiger partial charge in [0.15, 0.2) is 0 Å². The van der Waals surface area contributed by atoms with Crippen molar-refractivity contribution in [2.75, 3.05) is 13.2 Å². The third-order valence-electron chi connectivity index (χ3n) is 8.09. The van der Waals surface area contributed by atoms with Crippen LogP contribution in [0, 0.1) is 11.8 Å². The molecular weight excluding hydrogens is 520 g/mol. The number of carbonyl (C=O) groups excluding carboxylic acids is 2. The smallest absolute Gasteiger partial charge is 0.407 e. The number of benzene rings is 3. The van der Waals surface area contributed by atoms with Crippen molar-refractivity contribution < 1.29 is 29.0 Å². The first kappa shape index (κ1) is 28.4. The first-order chi connectivity index (χ1) is 19.9. The second-order valence-electron chi connectivity index (χ2n) is 11.0. The second kappa shape index (κ2) is 13.0. The molecule has 3 N–H and O–H groups in total. The predicted octanol–water partition coefficient (Wildman–Crippen LogP) is 5.12. The summed E-state index contributed by atoms with van der Waals surface area (Å²) in [6, 6.07) is 24.9. The Balaban J connectivity index is 1.20. The van der Waals surface area contributed by atoms with Crippen LogP contribution >= 0.6 is 0 Å². The van der Waals surface area contributed by atoms with Gasteiger partial charge in [-0.1, -0.05) is 78.9 Å². The first-order valence-electron chi connectivity index (χ1n) is 14.2. The summed E-state index contributed by atoms with van der Waals surface area (Å²) in [5.41, 5.74) is 5.45. The van der Waals surface area contributed by atoms with Gasteiger partial charge in [0.2, 0.25) is 5.91 Å². The van der Waals surface area contributed by atoms with Crippen LogP contribution < -0.4 is 10.6 Å². The van der Waals surface area contributed by atoms with Crippen LogP contribution in [0.1, 0.15) is 48.8 Å². The lowest BCUT2D eigenvalue weighted by Gasteiger charge is -2.35. The number of carbonyl (C=O) groups is 3. The van der Waals surface area contributed by atoms with Crippen LogP contribution in [0.2, 0.25) is 0 Å². The normalized spacial score (nSPS) is 18.8. The number of ether oxygens (including phenoxy) is 2. The van der Waals surface area contributed by atoms with E-state index < -0.39 is 24.2 Å². The molecule has 0 unspecified atom stereocenters. The molecule has 0 saturated heterocycles. The number of hydrogen-bond acceptors (Lipinski definition) is 5. The predicted molar refractivity (Wildman–Crippen MR) is 154 cm³/mol. The van der Waals surface area contributed by atoms with E-state index in [9.17, 15) is 14.4 Å². The summed E-state index contributed by atoms with van der Waals surface area (Å²) in [5.74, 6) is -0.879. The lowest BCUT2D eigenvalue weighted by molar-refractivity contribution is -0.139. The SMILES string of the molecule is C[C@H](OCc1ccccc1)[C@@H](NC(=O)OCC1c2ccccc2-c2ccccc21)C(=O)NCC1CC(CC(=O)O)C1. The minimum Gasteiger partial charge on any atom is -0.481 e. The Morgan fingerprint density at radius 2 is 1.49 bits per heavy atom. The van der Waals surface area contributed by atoms with Crippen molar-refractivity contribution in [2.24, 2.45) is 11.8 Å². The molecule has 0 aromatic heterocycles. The van der Waals surface area contributed by atoms with Crippen molar-refractivity contribution >= 4 is 18.0 Å². The van der Waals surface area contributed by atoms with Gasteiger partial charge < -0.3 is 25.2 Å². The minimum absolute atomic E-state index is 0.0930. The molecule has 2 atom stereocenters. The highest BCUT2D eigenvalue weighted by molar-refractivity contribution is 5.86. The Morgan fingerprint density at radius 3 is 2.12 bits per heavy atom. The van der Waals surface area contributed by atoms with Gasteiger partial charge in [0.05, 0.1) is 12.7 Å². The van der Waals surface area contributed by atoms with Gasteiger partial charge in [-0.25, -0.2) is 4.79 Å². The highest BCUT2D eigenvalue weighted by Gasteiger charge is 2.34. The minimum atomic E-state index is -0.968. The molecule has 2 amide bonds. The van der Waals surface area contributed by atoms with E-state index in [4.69, 9.17) is 14.6 Å². The third-order valence-corrected chi connectivity index (χ3v) is 8.09. The molecule has 8 nitrogen and oxygen atoms in total. The zero-order chi connectivity index (χ0) is 28.8. The molecule has 0 radical (unpaired) electrons. The van der Waals surface area contributed by atoms with Gasteiger partial charge in [-0.05, 0) is 59.4 Å². The van der Waals surface area contributed by atoms with E-state index in [1.807, 2.05) is 54.6 Å². The van der Waals surface area contributed by atoms with E-state index in [-0.39, 0.29) is 43.3 Å². The Morgan fingerprint density at radius 1 is 0.878 bits per heavy atom. The molecule has 8 heteroatoms. The van der Waals surface area contributed by atoms with Crippen LogP contribution in [-0.4, -0.2) is 48.4 Å². The topological polar surface area (TPSA) is 114 Å². The van der Waals surface area contributed by atoms with Crippen LogP contribution in [0.15, 0.2) is 78.9 Å². The standard InChI is InChI=1S/C33H36N2O6/c1-21(40-19-22-9-3-2-4-10-22)31(32(38)34-18-24-15-23(16-24)17-30(36)37)35-33(39)41-20-29-27-13-7-5-11-25(27)26-12-6-8-14-28(26)29/h2-14,21,23-24,29,31H,15-20H2,1H3,(H,34,38)(H,35,39)(H,36,37)/t21-,23?,24?,31+/m0/s1. The highest BCUT2D eigenvalue weighted by Crippen LogP contribution is 2.44. The number of carboxylic acids is 1. The molecule has 2 aliphatic carbocycles. The van der Waals surface area contributed by atoms with E-state index in [1.165, 1.54) is 0 Å². The van der Waals surface area contributed by atoms with Crippen molar-refractivity contribution in [1.82, 2.24) is 10.6 Å². The van der Waals surface area contributed by atoms with Gasteiger partial charge in [-0.15, -0.1) is 0 Å². The lowest BCUT2D eigenvalue weighted by Crippen LogP contribution is -2.54. The summed E-state index contributed by atoms with van der Waals surface area (Å²) < 4.78 is 11.7. The van der Waals surface area contributed by atoms with Crippen molar-refractivity contribution in [3.8, 4) is 11.1 Å². The number of nitrogens with one attached hydrogen (secondary N) is 2. The maximum Gasteiger partial charge on any atom is 0.407 e. The molecular formula is C33H36N2O6. The van der Waals surface area contributed by atoms with Crippen LogP contribution in [-0.2, 0) is 25.7 Å². The molecule has 214 valence electrons. The maximum absolute atomic E-state index is 13.3. The Labute approximate surface area is 240 Å². The summed E-state index contributed by atoms with van der Waals surface area (Å²) >= 11 is 0. The largest absolute Gasteiger partial charge is 0.481 e. The van der Waals surface area contributed by atoms with Crippen LogP contribution in [0.25, 0.3) is 11.1 Å². The number of rotatable bonds is 12. The summed E-state index contributed by atoms with van der Waals surface area (Å²) in [6.07, 6.45) is 0.360. The molecule has 0 spiro atoms. The summed E-state index contributed by atoms with van der Waals surface area (Å²) in [4.78, 5) is 37.2. The monoisotopic (exact) mass is 556 g/mol. The van der Waals surface area contributed by atoms with Gasteiger partial charge in [0.1, 0.15) is 12.6 Å². The third kappa shape index (κ3) is 6.95.